The number of hydrogen-bond donors (Lipinski definition) is 0. The largest absolute Gasteiger partial charge is 0.302 e. The van der Waals surface area contributed by atoms with E-state index in [1.807, 2.05) is 0 Å². The van der Waals surface area contributed by atoms with E-state index < -0.39 is 5.41 Å². The molecule has 3 heteroatoms. The molecule has 0 spiro atoms. The third-order valence-corrected chi connectivity index (χ3v) is 2.66. The number of ketones is 1. The van der Waals surface area contributed by atoms with Crippen molar-refractivity contribution in [3.8, 4) is 0 Å². The van der Waals surface area contributed by atoms with Crippen molar-refractivity contribution in [2.24, 2.45) is 0 Å². The molecule has 0 heterocycles. The van der Waals surface area contributed by atoms with Gasteiger partial charge in [0.25, 0.3) is 0 Å². The van der Waals surface area contributed by atoms with Crippen LogP contribution in [0.15, 0.2) is 24.3 Å². The molecule has 0 fully saturated rings. The Balaban J connectivity index is 3.19. The van der Waals surface area contributed by atoms with E-state index in [-0.39, 0.29) is 5.78 Å². The first-order valence-electron chi connectivity index (χ1n) is 4.24. The lowest BCUT2D eigenvalue weighted by atomic mass is 9.81. The second-order valence-corrected chi connectivity index (χ2v) is 3.82. The molecule has 0 bridgehead atoms. The summed E-state index contributed by atoms with van der Waals surface area (Å²) < 4.78 is 0. The molecule has 2 nitrogen and oxygen atoms in total. The molecule has 1 rings (SSSR count). The van der Waals surface area contributed by atoms with Crippen molar-refractivity contribution in [3.63, 3.8) is 0 Å². The van der Waals surface area contributed by atoms with Gasteiger partial charge in [-0.3, -0.25) is 4.79 Å². The van der Waals surface area contributed by atoms with E-state index in [4.69, 9.17) is 11.6 Å². The van der Waals surface area contributed by atoms with Crippen LogP contribution in [-0.2, 0) is 15.0 Å². The average molecular weight is 211 g/mol. The Kier molecular flexibility index (Phi) is 3.06. The molecule has 0 saturated heterocycles. The maximum absolute atomic E-state index is 11.3. The van der Waals surface area contributed by atoms with Crippen molar-refractivity contribution in [2.75, 3.05) is 0 Å². The van der Waals surface area contributed by atoms with Crippen LogP contribution < -0.4 is 0 Å². The molecule has 0 radical (unpaired) electrons. The van der Waals surface area contributed by atoms with Crippen LogP contribution in [0.3, 0.4) is 0 Å². The van der Waals surface area contributed by atoms with E-state index in [1.54, 1.807) is 31.2 Å². The molecule has 74 valence electrons. The lowest BCUT2D eigenvalue weighted by Crippen LogP contribution is -2.32. The van der Waals surface area contributed by atoms with Gasteiger partial charge in [-0.1, -0.05) is 23.7 Å². The fourth-order valence-electron chi connectivity index (χ4n) is 1.15. The normalized spacial score (nSPS) is 14.5. The minimum atomic E-state index is -1.05. The van der Waals surface area contributed by atoms with Gasteiger partial charge < -0.3 is 4.79 Å². The summed E-state index contributed by atoms with van der Waals surface area (Å²) in [6, 6.07) is 6.72. The molecule has 0 aliphatic carbocycles. The van der Waals surface area contributed by atoms with Gasteiger partial charge in [-0.2, -0.15) is 0 Å². The van der Waals surface area contributed by atoms with Crippen LogP contribution in [0.5, 0.6) is 0 Å². The summed E-state index contributed by atoms with van der Waals surface area (Å²) in [5.41, 5.74) is -0.380. The topological polar surface area (TPSA) is 34.1 Å². The fraction of sp³-hybridized carbons (Fsp3) is 0.273. The highest BCUT2D eigenvalue weighted by atomic mass is 35.5. The van der Waals surface area contributed by atoms with Crippen molar-refractivity contribution in [1.82, 2.24) is 0 Å². The monoisotopic (exact) mass is 210 g/mol. The lowest BCUT2D eigenvalue weighted by Gasteiger charge is -2.19. The molecular formula is C11H11ClO2. The highest BCUT2D eigenvalue weighted by Crippen LogP contribution is 2.23. The minimum Gasteiger partial charge on any atom is -0.302 e. The number of carbonyl (C=O) groups excluding carboxylic acids is 2. The van der Waals surface area contributed by atoms with Crippen molar-refractivity contribution >= 4 is 23.7 Å². The number of aldehydes is 1. The number of Topliss-reactive ketones (excluding diaryl/α,β-unsaturated/α-hetero) is 1. The Bertz CT molecular complexity index is 356. The first-order chi connectivity index (χ1) is 6.50. The van der Waals surface area contributed by atoms with E-state index in [1.165, 1.54) is 6.92 Å². The van der Waals surface area contributed by atoms with Crippen LogP contribution >= 0.6 is 11.6 Å². The third kappa shape index (κ3) is 1.85. The van der Waals surface area contributed by atoms with Crippen LogP contribution in [0.25, 0.3) is 0 Å². The maximum Gasteiger partial charge on any atom is 0.147 e. The molecule has 1 aromatic rings. The zero-order chi connectivity index (χ0) is 10.8. The molecule has 0 aliphatic heterocycles. The summed E-state index contributed by atoms with van der Waals surface area (Å²) in [5.74, 6) is -0.171. The van der Waals surface area contributed by atoms with Gasteiger partial charge in [-0.05, 0) is 31.5 Å². The van der Waals surface area contributed by atoms with Crippen molar-refractivity contribution in [3.05, 3.63) is 34.9 Å². The molecule has 14 heavy (non-hydrogen) atoms. The van der Waals surface area contributed by atoms with Crippen molar-refractivity contribution in [1.29, 1.82) is 0 Å². The van der Waals surface area contributed by atoms with Gasteiger partial charge in [0, 0.05) is 5.02 Å². The predicted octanol–water partition coefficient (Wildman–Crippen LogP) is 2.39. The zero-order valence-electron chi connectivity index (χ0n) is 8.08. The molecule has 0 amide bonds. The van der Waals surface area contributed by atoms with Gasteiger partial charge in [0.15, 0.2) is 0 Å². The number of rotatable bonds is 3. The summed E-state index contributed by atoms with van der Waals surface area (Å²) in [6.07, 6.45) is 0.665. The van der Waals surface area contributed by atoms with Gasteiger partial charge in [0.2, 0.25) is 0 Å². The Labute approximate surface area is 87.9 Å². The van der Waals surface area contributed by atoms with E-state index in [2.05, 4.69) is 0 Å². The SMILES string of the molecule is CC(=O)[C@@](C)(C=O)c1ccc(Cl)cc1. The van der Waals surface area contributed by atoms with E-state index in [9.17, 15) is 9.59 Å². The molecule has 0 aliphatic rings. The molecule has 1 aromatic carbocycles. The molecule has 0 saturated carbocycles. The van der Waals surface area contributed by atoms with Crippen LogP contribution in [-0.4, -0.2) is 12.1 Å². The molecule has 0 N–H and O–H groups in total. The lowest BCUT2D eigenvalue weighted by molar-refractivity contribution is -0.127. The quantitative estimate of drug-likeness (QED) is 0.567. The maximum atomic E-state index is 11.3. The summed E-state index contributed by atoms with van der Waals surface area (Å²) in [4.78, 5) is 22.2. The zero-order valence-corrected chi connectivity index (χ0v) is 8.84. The molecule has 0 aromatic heterocycles. The summed E-state index contributed by atoms with van der Waals surface area (Å²) in [6.45, 7) is 3.01. The second kappa shape index (κ2) is 3.93. The standard InChI is InChI=1S/C11H11ClO2/c1-8(14)11(2,7-13)9-3-5-10(12)6-4-9/h3-7H,1-2H3/t11-/m1/s1. The fourth-order valence-corrected chi connectivity index (χ4v) is 1.28. The molecular weight excluding hydrogens is 200 g/mol. The molecule has 1 atom stereocenters. The third-order valence-electron chi connectivity index (χ3n) is 2.41. The second-order valence-electron chi connectivity index (χ2n) is 3.38. The summed E-state index contributed by atoms with van der Waals surface area (Å²) in [7, 11) is 0. The number of carbonyl (C=O) groups is 2. The highest BCUT2D eigenvalue weighted by molar-refractivity contribution is 6.30. The van der Waals surface area contributed by atoms with Gasteiger partial charge in [-0.25, -0.2) is 0 Å². The predicted molar refractivity (Wildman–Crippen MR) is 55.5 cm³/mol. The van der Waals surface area contributed by atoms with Crippen LogP contribution in [0.4, 0.5) is 0 Å². The van der Waals surface area contributed by atoms with E-state index >= 15 is 0 Å². The average Bonchev–Trinajstić information content (AvgIpc) is 2.17. The molecule has 0 unspecified atom stereocenters. The van der Waals surface area contributed by atoms with Gasteiger partial charge in [0.05, 0.1) is 0 Å². The Morgan fingerprint density at radius 2 is 1.86 bits per heavy atom. The van der Waals surface area contributed by atoms with Crippen molar-refractivity contribution < 1.29 is 9.59 Å². The smallest absolute Gasteiger partial charge is 0.147 e. The first-order valence-corrected chi connectivity index (χ1v) is 4.62. The Hall–Kier alpha value is -1.15. The van der Waals surface area contributed by atoms with E-state index in [0.717, 1.165) is 0 Å². The highest BCUT2D eigenvalue weighted by Gasteiger charge is 2.31. The van der Waals surface area contributed by atoms with Crippen LogP contribution in [0.2, 0.25) is 5.02 Å². The summed E-state index contributed by atoms with van der Waals surface area (Å²) in [5, 5.41) is 0.588. The van der Waals surface area contributed by atoms with E-state index in [0.29, 0.717) is 16.9 Å². The minimum absolute atomic E-state index is 0.171. The summed E-state index contributed by atoms with van der Waals surface area (Å²) >= 11 is 5.71. The van der Waals surface area contributed by atoms with Crippen LogP contribution in [0, 0.1) is 0 Å². The number of hydrogen-bond acceptors (Lipinski definition) is 2. The Morgan fingerprint density at radius 1 is 1.36 bits per heavy atom. The number of benzene rings is 1. The first kappa shape index (κ1) is 10.9. The Morgan fingerprint density at radius 3 is 2.21 bits per heavy atom. The van der Waals surface area contributed by atoms with Gasteiger partial charge in [0.1, 0.15) is 17.5 Å². The van der Waals surface area contributed by atoms with Gasteiger partial charge >= 0.3 is 0 Å². The van der Waals surface area contributed by atoms with Crippen LogP contribution in [0.1, 0.15) is 19.4 Å². The van der Waals surface area contributed by atoms with Crippen molar-refractivity contribution in [2.45, 2.75) is 19.3 Å². The number of halogens is 1. The van der Waals surface area contributed by atoms with Gasteiger partial charge in [-0.15, -0.1) is 0 Å².